The monoisotopic (exact) mass is 808 g/mol. The first-order chi connectivity index (χ1) is 31.1. The van der Waals surface area contributed by atoms with Crippen LogP contribution in [0.3, 0.4) is 0 Å². The third kappa shape index (κ3) is 6.34. The van der Waals surface area contributed by atoms with Crippen molar-refractivity contribution in [1.82, 2.24) is 15.0 Å². The Labute approximate surface area is 366 Å². The number of fused-ring (bicyclic) bond motifs is 8. The van der Waals surface area contributed by atoms with Crippen molar-refractivity contribution >= 4 is 21.9 Å². The van der Waals surface area contributed by atoms with E-state index in [1.165, 1.54) is 52.6 Å². The van der Waals surface area contributed by atoms with Crippen LogP contribution in [0.25, 0.3) is 101 Å². The molecule has 5 heteroatoms. The summed E-state index contributed by atoms with van der Waals surface area (Å²) >= 11 is 0. The Bertz CT molecular complexity index is 3410. The van der Waals surface area contributed by atoms with E-state index >= 15 is 0 Å². The largest absolute Gasteiger partial charge is 0.456 e. The summed E-state index contributed by atoms with van der Waals surface area (Å²) in [4.78, 5) is 15.2. The van der Waals surface area contributed by atoms with Crippen molar-refractivity contribution in [3.63, 3.8) is 0 Å². The lowest BCUT2D eigenvalue weighted by atomic mass is 9.67. The van der Waals surface area contributed by atoms with Gasteiger partial charge in [-0.25, -0.2) is 15.0 Å². The van der Waals surface area contributed by atoms with Crippen LogP contribution < -0.4 is 0 Å². The molecule has 2 aliphatic carbocycles. The van der Waals surface area contributed by atoms with Gasteiger partial charge in [-0.1, -0.05) is 165 Å². The number of hydrogen-bond acceptors (Lipinski definition) is 5. The molecular formula is C58H40N4O. The van der Waals surface area contributed by atoms with E-state index < -0.39 is 0 Å². The van der Waals surface area contributed by atoms with Crippen LogP contribution in [0.1, 0.15) is 48.8 Å². The highest BCUT2D eigenvalue weighted by Crippen LogP contribution is 2.56. The summed E-state index contributed by atoms with van der Waals surface area (Å²) in [5.74, 6) is 1.80. The molecule has 5 nitrogen and oxygen atoms in total. The van der Waals surface area contributed by atoms with Gasteiger partial charge in [-0.15, -0.1) is 0 Å². The van der Waals surface area contributed by atoms with Gasteiger partial charge >= 0.3 is 0 Å². The molecular weight excluding hydrogens is 769 g/mol. The van der Waals surface area contributed by atoms with Crippen LogP contribution in [0.2, 0.25) is 0 Å². The number of para-hydroxylation sites is 1. The molecule has 0 amide bonds. The average molecular weight is 809 g/mol. The first-order valence-electron chi connectivity index (χ1n) is 21.8. The Hall–Kier alpha value is -7.94. The molecule has 0 unspecified atom stereocenters. The Morgan fingerprint density at radius 2 is 0.873 bits per heavy atom. The normalized spacial score (nSPS) is 13.8. The van der Waals surface area contributed by atoms with Gasteiger partial charge in [0.15, 0.2) is 17.5 Å². The minimum absolute atomic E-state index is 0.0113. The first-order valence-corrected chi connectivity index (χ1v) is 21.8. The summed E-state index contributed by atoms with van der Waals surface area (Å²) in [6, 6.07) is 66.2. The zero-order chi connectivity index (χ0) is 41.9. The molecule has 0 radical (unpaired) electrons. The molecule has 8 aromatic carbocycles. The van der Waals surface area contributed by atoms with Crippen molar-refractivity contribution in [3.05, 3.63) is 199 Å². The van der Waals surface area contributed by atoms with Gasteiger partial charge in [-0.05, 0) is 105 Å². The van der Waals surface area contributed by atoms with E-state index in [0.717, 1.165) is 79.3 Å². The number of hydrogen-bond donors (Lipinski definition) is 0. The van der Waals surface area contributed by atoms with Gasteiger partial charge in [-0.3, -0.25) is 0 Å². The Morgan fingerprint density at radius 3 is 1.51 bits per heavy atom. The molecule has 1 spiro atoms. The number of furan rings is 1. The molecule has 1 fully saturated rings. The molecule has 0 aliphatic heterocycles. The van der Waals surface area contributed by atoms with Crippen molar-refractivity contribution < 1.29 is 4.42 Å². The molecule has 1 saturated carbocycles. The molecule has 298 valence electrons. The second-order valence-electron chi connectivity index (χ2n) is 17.0. The van der Waals surface area contributed by atoms with Crippen LogP contribution in [-0.2, 0) is 5.41 Å². The van der Waals surface area contributed by atoms with Crippen LogP contribution in [-0.4, -0.2) is 15.0 Å². The summed E-state index contributed by atoms with van der Waals surface area (Å²) in [7, 11) is 0. The summed E-state index contributed by atoms with van der Waals surface area (Å²) in [6.45, 7) is 0. The van der Waals surface area contributed by atoms with Crippen molar-refractivity contribution in [2.24, 2.45) is 0 Å². The average Bonchev–Trinajstić information content (AvgIpc) is 3.86. The topological polar surface area (TPSA) is 75.6 Å². The van der Waals surface area contributed by atoms with Crippen LogP contribution in [0.5, 0.6) is 0 Å². The van der Waals surface area contributed by atoms with E-state index in [9.17, 15) is 5.26 Å². The molecule has 10 aromatic rings. The maximum atomic E-state index is 9.75. The SMILES string of the molecule is N#Cc1ccc2c(c1)C1(CCCCC1)c1cc(-c3ccc(-c4ccc(-c5nc(-c6ccc(-c7ccccc7)cc6)nc(-c6ccc7c(c6)oc6ccccc67)n5)cc4)cc3)ccc1-2. The molecule has 63 heavy (non-hydrogen) atoms. The third-order valence-electron chi connectivity index (χ3n) is 13.4. The van der Waals surface area contributed by atoms with E-state index in [0.29, 0.717) is 17.5 Å². The number of rotatable bonds is 6. The van der Waals surface area contributed by atoms with E-state index in [-0.39, 0.29) is 5.41 Å². The molecule has 0 bridgehead atoms. The fourth-order valence-electron chi connectivity index (χ4n) is 10.2. The van der Waals surface area contributed by atoms with Gasteiger partial charge in [0, 0.05) is 32.9 Å². The molecule has 0 saturated heterocycles. The summed E-state index contributed by atoms with van der Waals surface area (Å²) in [6.07, 6.45) is 5.97. The third-order valence-corrected chi connectivity index (χ3v) is 13.4. The van der Waals surface area contributed by atoms with Crippen molar-refractivity contribution in [2.45, 2.75) is 37.5 Å². The predicted octanol–water partition coefficient (Wildman–Crippen LogP) is 14.9. The summed E-state index contributed by atoms with van der Waals surface area (Å²) < 4.78 is 6.27. The highest BCUT2D eigenvalue weighted by Gasteiger charge is 2.44. The maximum absolute atomic E-state index is 9.75. The number of nitriles is 1. The van der Waals surface area contributed by atoms with Crippen molar-refractivity contribution in [2.75, 3.05) is 0 Å². The number of benzene rings is 8. The highest BCUT2D eigenvalue weighted by molar-refractivity contribution is 6.05. The molecule has 2 aliphatic rings. The molecule has 12 rings (SSSR count). The van der Waals surface area contributed by atoms with Gasteiger partial charge in [0.2, 0.25) is 0 Å². The maximum Gasteiger partial charge on any atom is 0.164 e. The summed E-state index contributed by atoms with van der Waals surface area (Å²) in [5, 5.41) is 11.9. The molecule has 2 aromatic heterocycles. The standard InChI is InChI=1S/C58H40N4O/c59-36-37-13-28-47-48-29-26-45(34-52(48)58(51(47)33-37)31-7-2-8-32-58)42-16-14-40(15-17-42)41-20-24-44(25-21-41)56-60-55(43-22-18-39(19-23-43)38-9-3-1-4-10-38)61-57(62-56)46-27-30-50-49-11-5-6-12-53(49)63-54(50)35-46/h1,3-6,9-30,33-35H,2,7-8,31-32H2. The quantitative estimate of drug-likeness (QED) is 0.167. The van der Waals surface area contributed by atoms with Gasteiger partial charge in [-0.2, -0.15) is 5.26 Å². The van der Waals surface area contributed by atoms with E-state index in [4.69, 9.17) is 19.4 Å². The summed E-state index contributed by atoms with van der Waals surface area (Å²) in [5.41, 5.74) is 17.4. The van der Waals surface area contributed by atoms with Crippen LogP contribution in [0.4, 0.5) is 0 Å². The Balaban J connectivity index is 0.868. The lowest BCUT2D eigenvalue weighted by molar-refractivity contribution is 0.353. The first kappa shape index (κ1) is 36.9. The molecule has 2 heterocycles. The van der Waals surface area contributed by atoms with E-state index in [1.807, 2.05) is 36.4 Å². The smallest absolute Gasteiger partial charge is 0.164 e. The van der Waals surface area contributed by atoms with Gasteiger partial charge in [0.1, 0.15) is 11.2 Å². The second kappa shape index (κ2) is 14.9. The Kier molecular flexibility index (Phi) is 8.72. The van der Waals surface area contributed by atoms with E-state index in [1.54, 1.807) is 0 Å². The van der Waals surface area contributed by atoms with Crippen LogP contribution in [0.15, 0.2) is 186 Å². The minimum Gasteiger partial charge on any atom is -0.456 e. The highest BCUT2D eigenvalue weighted by atomic mass is 16.3. The van der Waals surface area contributed by atoms with Crippen molar-refractivity contribution in [1.29, 1.82) is 5.26 Å². The lowest BCUT2D eigenvalue weighted by Gasteiger charge is -2.36. The fraction of sp³-hybridized carbons (Fsp3) is 0.103. The molecule has 0 N–H and O–H groups in total. The van der Waals surface area contributed by atoms with E-state index in [2.05, 4.69) is 152 Å². The van der Waals surface area contributed by atoms with Crippen molar-refractivity contribution in [3.8, 4) is 84.7 Å². The zero-order valence-corrected chi connectivity index (χ0v) is 34.6. The Morgan fingerprint density at radius 1 is 0.397 bits per heavy atom. The second-order valence-corrected chi connectivity index (χ2v) is 17.0. The van der Waals surface area contributed by atoms with Crippen LogP contribution >= 0.6 is 0 Å². The van der Waals surface area contributed by atoms with Gasteiger partial charge in [0.25, 0.3) is 0 Å². The van der Waals surface area contributed by atoms with Gasteiger partial charge in [0.05, 0.1) is 11.6 Å². The molecule has 0 atom stereocenters. The number of nitrogens with zero attached hydrogens (tertiary/aromatic N) is 4. The predicted molar refractivity (Wildman–Crippen MR) is 254 cm³/mol. The van der Waals surface area contributed by atoms with Crippen LogP contribution in [0, 0.1) is 11.3 Å². The zero-order valence-electron chi connectivity index (χ0n) is 34.6. The lowest BCUT2D eigenvalue weighted by Crippen LogP contribution is -2.28. The van der Waals surface area contributed by atoms with Gasteiger partial charge < -0.3 is 4.42 Å². The fourth-order valence-corrected chi connectivity index (χ4v) is 10.2. The number of aromatic nitrogens is 3. The minimum atomic E-state index is -0.0113.